The topological polar surface area (TPSA) is 84.4 Å². The maximum Gasteiger partial charge on any atom is 0.184 e. The van der Waals surface area contributed by atoms with Gasteiger partial charge in [-0.1, -0.05) is 17.4 Å². The Hall–Kier alpha value is -1.56. The van der Waals surface area contributed by atoms with Crippen LogP contribution in [0.5, 0.6) is 0 Å². The van der Waals surface area contributed by atoms with Crippen LogP contribution in [-0.4, -0.2) is 25.9 Å². The van der Waals surface area contributed by atoms with Crippen molar-refractivity contribution < 1.29 is 5.21 Å². The summed E-state index contributed by atoms with van der Waals surface area (Å²) in [6.45, 7) is 0. The molecule has 0 aromatic carbocycles. The third-order valence-corrected chi connectivity index (χ3v) is 1.30. The molecule has 0 saturated heterocycles. The number of rotatable bonds is 2. The predicted molar refractivity (Wildman–Crippen MR) is 47.1 cm³/mol. The molecule has 0 aliphatic heterocycles. The lowest BCUT2D eigenvalue weighted by molar-refractivity contribution is 0.320. The van der Waals surface area contributed by atoms with Crippen molar-refractivity contribution in [1.82, 2.24) is 9.97 Å². The molecule has 0 aliphatic carbocycles. The molecule has 3 N–H and O–H groups in total. The Morgan fingerprint density at radius 3 is 2.50 bits per heavy atom. The van der Waals surface area contributed by atoms with Gasteiger partial charge in [-0.15, -0.1) is 0 Å². The number of nitrogens with zero attached hydrogens (tertiary/aromatic N) is 3. The molecule has 0 aliphatic rings. The zero-order valence-electron chi connectivity index (χ0n) is 6.01. The SMILES string of the molecule is NC(=S)C(=NO)c1ncccn1. The fourth-order valence-electron chi connectivity index (χ4n) is 0.626. The van der Waals surface area contributed by atoms with Crippen molar-refractivity contribution in [3.63, 3.8) is 0 Å². The summed E-state index contributed by atoms with van der Waals surface area (Å²) in [5.41, 5.74) is 5.26. The second kappa shape index (κ2) is 3.72. The van der Waals surface area contributed by atoms with Crippen LogP contribution < -0.4 is 5.73 Å². The van der Waals surface area contributed by atoms with Crippen molar-refractivity contribution in [3.8, 4) is 0 Å². The first-order chi connectivity index (χ1) is 5.75. The summed E-state index contributed by atoms with van der Waals surface area (Å²) in [7, 11) is 0. The van der Waals surface area contributed by atoms with Crippen LogP contribution in [0.1, 0.15) is 5.82 Å². The fraction of sp³-hybridized carbons (Fsp3) is 0. The first-order valence-corrected chi connectivity index (χ1v) is 3.45. The number of oxime groups is 1. The molecule has 0 amide bonds. The lowest BCUT2D eigenvalue weighted by atomic mass is 10.3. The second-order valence-corrected chi connectivity index (χ2v) is 2.33. The first kappa shape index (κ1) is 8.54. The largest absolute Gasteiger partial charge is 0.410 e. The van der Waals surface area contributed by atoms with Crippen molar-refractivity contribution in [2.75, 3.05) is 0 Å². The van der Waals surface area contributed by atoms with Crippen molar-refractivity contribution in [1.29, 1.82) is 0 Å². The van der Waals surface area contributed by atoms with Crippen LogP contribution in [0.3, 0.4) is 0 Å². The van der Waals surface area contributed by atoms with Crippen LogP contribution in [0.25, 0.3) is 0 Å². The highest BCUT2D eigenvalue weighted by atomic mass is 32.1. The van der Waals surface area contributed by atoms with E-state index in [2.05, 4.69) is 27.3 Å². The van der Waals surface area contributed by atoms with Gasteiger partial charge in [0.25, 0.3) is 0 Å². The molecule has 0 bridgehead atoms. The van der Waals surface area contributed by atoms with Gasteiger partial charge in [0.2, 0.25) is 0 Å². The molecule has 0 radical (unpaired) electrons. The molecular formula is C6H6N4OS. The van der Waals surface area contributed by atoms with E-state index in [1.165, 1.54) is 12.4 Å². The lowest BCUT2D eigenvalue weighted by Crippen LogP contribution is -2.24. The minimum Gasteiger partial charge on any atom is -0.410 e. The van der Waals surface area contributed by atoms with Gasteiger partial charge in [-0.05, 0) is 6.07 Å². The molecule has 62 valence electrons. The van der Waals surface area contributed by atoms with Crippen molar-refractivity contribution >= 4 is 22.9 Å². The van der Waals surface area contributed by atoms with Gasteiger partial charge in [0.15, 0.2) is 11.5 Å². The third-order valence-electron chi connectivity index (χ3n) is 1.11. The fourth-order valence-corrected chi connectivity index (χ4v) is 0.758. The van der Waals surface area contributed by atoms with E-state index in [9.17, 15) is 0 Å². The van der Waals surface area contributed by atoms with Crippen LogP contribution in [0.4, 0.5) is 0 Å². The maximum absolute atomic E-state index is 8.49. The second-order valence-electron chi connectivity index (χ2n) is 1.89. The number of aromatic nitrogens is 2. The highest BCUT2D eigenvalue weighted by molar-refractivity contribution is 7.82. The number of nitrogens with two attached hydrogens (primary N) is 1. The van der Waals surface area contributed by atoms with Crippen LogP contribution in [0, 0.1) is 0 Å². The number of hydrogen-bond donors (Lipinski definition) is 2. The molecule has 1 heterocycles. The Balaban J connectivity index is 3.05. The molecule has 1 aromatic heterocycles. The van der Waals surface area contributed by atoms with Crippen LogP contribution >= 0.6 is 12.2 Å². The van der Waals surface area contributed by atoms with E-state index in [-0.39, 0.29) is 16.5 Å². The first-order valence-electron chi connectivity index (χ1n) is 3.05. The highest BCUT2D eigenvalue weighted by Gasteiger charge is 2.09. The molecule has 5 nitrogen and oxygen atoms in total. The van der Waals surface area contributed by atoms with Gasteiger partial charge >= 0.3 is 0 Å². The molecule has 0 unspecified atom stereocenters. The zero-order valence-corrected chi connectivity index (χ0v) is 6.82. The van der Waals surface area contributed by atoms with Crippen molar-refractivity contribution in [2.45, 2.75) is 0 Å². The van der Waals surface area contributed by atoms with Crippen LogP contribution in [0.2, 0.25) is 0 Å². The minimum absolute atomic E-state index is 0.0191. The van der Waals surface area contributed by atoms with Crippen LogP contribution in [0.15, 0.2) is 23.6 Å². The molecule has 0 fully saturated rings. The summed E-state index contributed by atoms with van der Waals surface area (Å²) in [6.07, 6.45) is 3.01. The van der Waals surface area contributed by atoms with E-state index >= 15 is 0 Å². The Morgan fingerprint density at radius 1 is 1.50 bits per heavy atom. The average Bonchev–Trinajstić information content (AvgIpc) is 2.07. The van der Waals surface area contributed by atoms with E-state index in [4.69, 9.17) is 10.9 Å². The van der Waals surface area contributed by atoms with Gasteiger partial charge in [-0.3, -0.25) is 0 Å². The highest BCUT2D eigenvalue weighted by Crippen LogP contribution is 1.91. The molecule has 6 heteroatoms. The van der Waals surface area contributed by atoms with Gasteiger partial charge < -0.3 is 10.9 Å². The van der Waals surface area contributed by atoms with Gasteiger partial charge in [0, 0.05) is 12.4 Å². The Kier molecular flexibility index (Phi) is 2.65. The van der Waals surface area contributed by atoms with Crippen LogP contribution in [-0.2, 0) is 0 Å². The smallest absolute Gasteiger partial charge is 0.184 e. The minimum atomic E-state index is -0.0382. The van der Waals surface area contributed by atoms with Gasteiger partial charge in [-0.2, -0.15) is 0 Å². The van der Waals surface area contributed by atoms with E-state index in [1.54, 1.807) is 6.07 Å². The van der Waals surface area contributed by atoms with Gasteiger partial charge in [0.1, 0.15) is 4.99 Å². The van der Waals surface area contributed by atoms with E-state index < -0.39 is 0 Å². The average molecular weight is 182 g/mol. The van der Waals surface area contributed by atoms with Gasteiger partial charge in [-0.25, -0.2) is 9.97 Å². The molecule has 1 aromatic rings. The normalized spacial score (nSPS) is 11.2. The maximum atomic E-state index is 8.49. The van der Waals surface area contributed by atoms with E-state index in [1.807, 2.05) is 0 Å². The van der Waals surface area contributed by atoms with Crippen molar-refractivity contribution in [3.05, 3.63) is 24.3 Å². The molecular weight excluding hydrogens is 176 g/mol. The monoisotopic (exact) mass is 182 g/mol. The third kappa shape index (κ3) is 1.73. The summed E-state index contributed by atoms with van der Waals surface area (Å²) in [6, 6.07) is 1.64. The summed E-state index contributed by atoms with van der Waals surface area (Å²) in [5.74, 6) is 0.215. The standard InChI is InChI=1S/C6H6N4OS/c7-5(12)4(10-11)6-8-2-1-3-9-6/h1-3,11H,(H2,7,12). The summed E-state index contributed by atoms with van der Waals surface area (Å²) in [5, 5.41) is 11.4. The zero-order chi connectivity index (χ0) is 8.97. The summed E-state index contributed by atoms with van der Waals surface area (Å²) >= 11 is 4.61. The number of hydrogen-bond acceptors (Lipinski definition) is 5. The Morgan fingerprint density at radius 2 is 2.08 bits per heavy atom. The molecule has 12 heavy (non-hydrogen) atoms. The predicted octanol–water partition coefficient (Wildman–Crippen LogP) is -0.0590. The van der Waals surface area contributed by atoms with Crippen molar-refractivity contribution in [2.24, 2.45) is 10.9 Å². The van der Waals surface area contributed by atoms with E-state index in [0.29, 0.717) is 0 Å². The molecule has 0 atom stereocenters. The molecule has 0 saturated carbocycles. The quantitative estimate of drug-likeness (QED) is 0.290. The van der Waals surface area contributed by atoms with Gasteiger partial charge in [0.05, 0.1) is 0 Å². The lowest BCUT2D eigenvalue weighted by Gasteiger charge is -1.97. The number of thiocarbonyl (C=S) groups is 1. The Bertz CT molecular complexity index is 311. The molecule has 1 rings (SSSR count). The molecule has 0 spiro atoms. The Labute approximate surface area is 73.9 Å². The summed E-state index contributed by atoms with van der Waals surface area (Å²) in [4.78, 5) is 7.57. The van der Waals surface area contributed by atoms with E-state index in [0.717, 1.165) is 0 Å². The summed E-state index contributed by atoms with van der Waals surface area (Å²) < 4.78 is 0.